The highest BCUT2D eigenvalue weighted by Crippen LogP contribution is 2.31. The molecule has 2 aliphatic heterocycles. The molecule has 80 heavy (non-hydrogen) atoms. The minimum atomic E-state index is -1.00. The second-order valence-corrected chi connectivity index (χ2v) is 22.3. The summed E-state index contributed by atoms with van der Waals surface area (Å²) in [4.78, 5) is 98.0. The standard InChI is InChI=1S/C58H75N11O10S/c1-35(2)64-47-25-42(24-44(45(47)27-59)54(73)62-30-46-36(3)23-37(4)65-55(46)74)41-13-14-49(60-29-41)67-15-17-68(18-16-67)51(72)33-79-22-20-77-19-21-78-32-50(71)66-53(58(6,7)8)57(76)69-31-43(70)26-48(69)56(75)61-28-39-9-11-40(12-10-39)52-38(5)63-34-80-52/h9-14,23-25,27,29,34-35,43,48,53,59,64,70H,15-22,26,28,30-33H2,1-8H3,(H,61,75)(H,62,73)(H,65,74)(H,66,71)/t43-,48+,53-/m1/s1. The van der Waals surface area contributed by atoms with E-state index in [0.717, 1.165) is 56.1 Å². The Balaban J connectivity index is 0.792. The molecule has 0 aliphatic carbocycles. The van der Waals surface area contributed by atoms with Crippen LogP contribution >= 0.6 is 11.3 Å². The number of aliphatic hydroxyl groups is 1. The smallest absolute Gasteiger partial charge is 0.253 e. The van der Waals surface area contributed by atoms with Gasteiger partial charge in [-0.1, -0.05) is 45.0 Å². The van der Waals surface area contributed by atoms with Gasteiger partial charge in [0.1, 0.15) is 31.1 Å². The van der Waals surface area contributed by atoms with Crippen molar-refractivity contribution >= 4 is 58.6 Å². The number of aromatic amines is 1. The van der Waals surface area contributed by atoms with Crippen molar-refractivity contribution in [2.45, 2.75) is 99.1 Å². The molecule has 0 spiro atoms. The van der Waals surface area contributed by atoms with Crippen LogP contribution in [0, 0.1) is 31.6 Å². The van der Waals surface area contributed by atoms with Gasteiger partial charge in [0.15, 0.2) is 0 Å². The monoisotopic (exact) mass is 1120 g/mol. The first-order chi connectivity index (χ1) is 38.2. The Labute approximate surface area is 470 Å². The van der Waals surface area contributed by atoms with Crippen LogP contribution in [0.15, 0.2) is 71.1 Å². The van der Waals surface area contributed by atoms with Crippen LogP contribution in [0.25, 0.3) is 21.6 Å². The number of rotatable bonds is 24. The number of likely N-dealkylation sites (tertiary alicyclic amines) is 1. The topological polar surface area (TPSA) is 274 Å². The van der Waals surface area contributed by atoms with E-state index in [1.165, 1.54) is 4.90 Å². The molecule has 21 nitrogen and oxygen atoms in total. The van der Waals surface area contributed by atoms with Crippen LogP contribution < -0.4 is 31.7 Å². The molecule has 3 atom stereocenters. The van der Waals surface area contributed by atoms with E-state index in [0.29, 0.717) is 43.0 Å². The van der Waals surface area contributed by atoms with E-state index in [9.17, 15) is 33.9 Å². The predicted molar refractivity (Wildman–Crippen MR) is 307 cm³/mol. The molecule has 7 rings (SSSR count). The number of β-amino-alcohol motifs (C(OH)–C–C–N with tert-alkyl or cyclic N) is 1. The molecule has 2 aromatic carbocycles. The number of thiazole rings is 1. The zero-order valence-corrected chi connectivity index (χ0v) is 47.7. The molecule has 7 N–H and O–H groups in total. The van der Waals surface area contributed by atoms with Crippen LogP contribution in [0.5, 0.6) is 0 Å². The number of ether oxygens (including phenoxy) is 3. The summed E-state index contributed by atoms with van der Waals surface area (Å²) in [5.74, 6) is -1.21. The molecule has 5 amide bonds. The zero-order valence-electron chi connectivity index (χ0n) is 46.9. The number of nitrogens with zero attached hydrogens (tertiary/aromatic N) is 5. The number of piperazine rings is 1. The number of anilines is 2. The first-order valence-electron chi connectivity index (χ1n) is 26.9. The quantitative estimate of drug-likeness (QED) is 0.0325. The molecule has 428 valence electrons. The molecule has 2 saturated heterocycles. The summed E-state index contributed by atoms with van der Waals surface area (Å²) in [6.45, 7) is 17.4. The number of aromatic nitrogens is 3. The maximum Gasteiger partial charge on any atom is 0.253 e. The fourth-order valence-electron chi connectivity index (χ4n) is 9.62. The van der Waals surface area contributed by atoms with E-state index in [4.69, 9.17) is 24.6 Å². The van der Waals surface area contributed by atoms with Gasteiger partial charge < -0.3 is 65.7 Å². The summed E-state index contributed by atoms with van der Waals surface area (Å²) < 4.78 is 16.8. The summed E-state index contributed by atoms with van der Waals surface area (Å²) >= 11 is 1.56. The van der Waals surface area contributed by atoms with E-state index in [1.807, 2.05) is 97.0 Å². The number of hydrogen-bond acceptors (Lipinski definition) is 16. The van der Waals surface area contributed by atoms with Gasteiger partial charge in [-0.15, -0.1) is 11.3 Å². The van der Waals surface area contributed by atoms with Crippen LogP contribution in [-0.4, -0.2) is 162 Å². The number of carbonyl (C=O) groups excluding carboxylic acids is 5. The third kappa shape index (κ3) is 15.9. The van der Waals surface area contributed by atoms with Gasteiger partial charge >= 0.3 is 0 Å². The maximum absolute atomic E-state index is 14.0. The second-order valence-electron chi connectivity index (χ2n) is 21.5. The molecule has 5 heterocycles. The third-order valence-corrected chi connectivity index (χ3v) is 14.9. The zero-order chi connectivity index (χ0) is 57.7. The van der Waals surface area contributed by atoms with Crippen LogP contribution in [0.1, 0.15) is 85.0 Å². The Morgan fingerprint density at radius 3 is 2.17 bits per heavy atom. The van der Waals surface area contributed by atoms with E-state index < -0.39 is 47.2 Å². The minimum Gasteiger partial charge on any atom is -0.391 e. The molecular formula is C58H75N11O10S. The number of aliphatic hydroxyl groups excluding tert-OH is 1. The van der Waals surface area contributed by atoms with Crippen molar-refractivity contribution in [3.63, 3.8) is 0 Å². The predicted octanol–water partition coefficient (Wildman–Crippen LogP) is 4.74. The lowest BCUT2D eigenvalue weighted by atomic mass is 9.85. The molecular weight excluding hydrogens is 1040 g/mol. The third-order valence-electron chi connectivity index (χ3n) is 13.9. The number of amides is 5. The van der Waals surface area contributed by atoms with E-state index in [2.05, 4.69) is 36.1 Å². The molecule has 22 heteroatoms. The van der Waals surface area contributed by atoms with Gasteiger partial charge in [-0.2, -0.15) is 0 Å². The highest BCUT2D eigenvalue weighted by atomic mass is 32.1. The van der Waals surface area contributed by atoms with Crippen molar-refractivity contribution in [3.8, 4) is 21.6 Å². The Morgan fingerprint density at radius 1 is 0.863 bits per heavy atom. The average Bonchev–Trinajstić information content (AvgIpc) is 4.07. The van der Waals surface area contributed by atoms with Gasteiger partial charge in [0.25, 0.3) is 11.5 Å². The Hall–Kier alpha value is -7.37. The van der Waals surface area contributed by atoms with Crippen LogP contribution in [0.3, 0.4) is 0 Å². The second kappa shape index (κ2) is 27.7. The summed E-state index contributed by atoms with van der Waals surface area (Å²) in [5.41, 5.74) is 8.46. The first-order valence-corrected chi connectivity index (χ1v) is 27.8. The van der Waals surface area contributed by atoms with Crippen molar-refractivity contribution < 1.29 is 43.3 Å². The van der Waals surface area contributed by atoms with E-state index in [1.54, 1.807) is 40.9 Å². The van der Waals surface area contributed by atoms with Gasteiger partial charge in [-0.3, -0.25) is 28.8 Å². The summed E-state index contributed by atoms with van der Waals surface area (Å²) in [6, 6.07) is 15.2. The van der Waals surface area contributed by atoms with Crippen molar-refractivity contribution in [2.75, 3.05) is 82.6 Å². The number of H-pyrrole nitrogens is 1. The van der Waals surface area contributed by atoms with Crippen LogP contribution in [0.2, 0.25) is 0 Å². The lowest BCUT2D eigenvalue weighted by Gasteiger charge is -2.35. The van der Waals surface area contributed by atoms with Gasteiger partial charge in [0.05, 0.1) is 54.2 Å². The van der Waals surface area contributed by atoms with E-state index in [-0.39, 0.29) is 88.8 Å². The molecule has 5 aromatic rings. The molecule has 2 fully saturated rings. The lowest BCUT2D eigenvalue weighted by Crippen LogP contribution is -2.58. The lowest BCUT2D eigenvalue weighted by molar-refractivity contribution is -0.144. The molecule has 0 saturated carbocycles. The minimum absolute atomic E-state index is 0.0168. The molecule has 0 unspecified atom stereocenters. The normalized spacial score (nSPS) is 15.9. The molecule has 0 bridgehead atoms. The highest BCUT2D eigenvalue weighted by molar-refractivity contribution is 7.13. The average molecular weight is 1120 g/mol. The number of nitrogens with one attached hydrogen (secondary N) is 6. The summed E-state index contributed by atoms with van der Waals surface area (Å²) in [7, 11) is 0. The van der Waals surface area contributed by atoms with Crippen molar-refractivity contribution in [3.05, 3.63) is 116 Å². The maximum atomic E-state index is 14.0. The molecule has 0 radical (unpaired) electrons. The number of carbonyl (C=O) groups is 5. The first kappa shape index (κ1) is 60.3. The van der Waals surface area contributed by atoms with Gasteiger partial charge in [-0.05, 0) is 92.6 Å². The number of pyridine rings is 2. The highest BCUT2D eigenvalue weighted by Gasteiger charge is 2.44. The Bertz CT molecular complexity index is 3040. The largest absolute Gasteiger partial charge is 0.391 e. The Kier molecular flexibility index (Phi) is 20.9. The van der Waals surface area contributed by atoms with Gasteiger partial charge in [0, 0.05) is 98.8 Å². The van der Waals surface area contributed by atoms with Gasteiger partial charge in [-0.25, -0.2) is 9.97 Å². The number of aryl methyl sites for hydroxylation is 3. The van der Waals surface area contributed by atoms with Crippen molar-refractivity contribution in [2.24, 2.45) is 5.41 Å². The van der Waals surface area contributed by atoms with Crippen LogP contribution in [-0.2, 0) is 46.5 Å². The molecule has 3 aromatic heterocycles. The van der Waals surface area contributed by atoms with Crippen LogP contribution in [0.4, 0.5) is 11.5 Å². The van der Waals surface area contributed by atoms with Crippen molar-refractivity contribution in [1.82, 2.24) is 40.7 Å². The fourth-order valence-corrected chi connectivity index (χ4v) is 10.4. The number of benzene rings is 2. The SMILES string of the molecule is Cc1cc(C)c(CNC(=O)c2cc(-c3ccc(N4CCN(C(=O)COCCOCCOCC(=O)N[C@H](C(=O)N5C[C@H](O)C[C@H]5C(=O)NCc5ccc(-c6scnc6C)cc5)C(C)(C)C)CC4)nc3)cc(NC(C)C)c2C=N)c(=O)[nH]1. The van der Waals surface area contributed by atoms with Crippen molar-refractivity contribution in [1.29, 1.82) is 5.41 Å². The summed E-state index contributed by atoms with van der Waals surface area (Å²) in [5, 5.41) is 30.7. The summed E-state index contributed by atoms with van der Waals surface area (Å²) in [6.07, 6.45) is 2.07. The van der Waals surface area contributed by atoms with Gasteiger partial charge in [0.2, 0.25) is 23.6 Å². The Morgan fingerprint density at radius 2 is 1.55 bits per heavy atom. The van der Waals surface area contributed by atoms with E-state index >= 15 is 0 Å². The fraction of sp³-hybridized carbons (Fsp3) is 0.466. The molecule has 2 aliphatic rings. The number of hydrogen-bond donors (Lipinski definition) is 7.